The molecular weight excluding hydrogens is 330 g/mol. The lowest BCUT2D eigenvalue weighted by molar-refractivity contribution is -0.115. The number of hydrogen-bond donors (Lipinski definition) is 2. The van der Waals surface area contributed by atoms with Gasteiger partial charge in [0.25, 0.3) is 5.91 Å². The van der Waals surface area contributed by atoms with Crippen molar-refractivity contribution in [2.45, 2.75) is 43.2 Å². The van der Waals surface area contributed by atoms with Gasteiger partial charge in [-0.05, 0) is 50.5 Å². The molecule has 0 radical (unpaired) electrons. The standard InChI is InChI=1S/C16H23N3O4S/c1-11(17)14-4-2-3-9-19(14)16(21)12-5-7-13(8-6-12)24(22,23)10-15(18)20/h5-8,11,14H,2-4,9-10,17H2,1H3,(H2,18,20)/t11-,14-/m0/s1. The second kappa shape index (κ2) is 7.31. The van der Waals surface area contributed by atoms with Crippen molar-refractivity contribution in [3.05, 3.63) is 29.8 Å². The predicted molar refractivity (Wildman–Crippen MR) is 90.0 cm³/mol. The molecule has 7 nitrogen and oxygen atoms in total. The van der Waals surface area contributed by atoms with Gasteiger partial charge < -0.3 is 16.4 Å². The summed E-state index contributed by atoms with van der Waals surface area (Å²) in [5.41, 5.74) is 11.3. The van der Waals surface area contributed by atoms with Crippen LogP contribution in [0.4, 0.5) is 0 Å². The van der Waals surface area contributed by atoms with Gasteiger partial charge in [0.05, 0.1) is 4.90 Å². The van der Waals surface area contributed by atoms with Gasteiger partial charge in [-0.2, -0.15) is 0 Å². The largest absolute Gasteiger partial charge is 0.369 e. The number of benzene rings is 1. The Hall–Kier alpha value is -1.93. The Bertz CT molecular complexity index is 713. The SMILES string of the molecule is C[C@H](N)[C@@H]1CCCCN1C(=O)c1ccc(S(=O)(=O)CC(N)=O)cc1. The third-order valence-corrected chi connectivity index (χ3v) is 5.86. The normalized spacial score (nSPS) is 19.8. The smallest absolute Gasteiger partial charge is 0.254 e. The van der Waals surface area contributed by atoms with E-state index in [2.05, 4.69) is 0 Å². The summed E-state index contributed by atoms with van der Waals surface area (Å²) in [6.07, 6.45) is 2.84. The molecule has 0 bridgehead atoms. The zero-order valence-corrected chi connectivity index (χ0v) is 14.5. The Labute approximate surface area is 141 Å². The first-order valence-corrected chi connectivity index (χ1v) is 9.55. The molecule has 1 aromatic rings. The van der Waals surface area contributed by atoms with E-state index in [1.54, 1.807) is 4.90 Å². The lowest BCUT2D eigenvalue weighted by Gasteiger charge is -2.38. The Morgan fingerprint density at radius 1 is 1.25 bits per heavy atom. The molecule has 1 aromatic carbocycles. The van der Waals surface area contributed by atoms with Crippen LogP contribution in [0.2, 0.25) is 0 Å². The second-order valence-electron chi connectivity index (χ2n) is 6.17. The van der Waals surface area contributed by atoms with Gasteiger partial charge in [0.2, 0.25) is 5.91 Å². The highest BCUT2D eigenvalue weighted by Gasteiger charge is 2.30. The van der Waals surface area contributed by atoms with Crippen LogP contribution in [0.1, 0.15) is 36.5 Å². The molecule has 1 aliphatic rings. The van der Waals surface area contributed by atoms with Gasteiger partial charge in [0, 0.05) is 24.2 Å². The molecule has 4 N–H and O–H groups in total. The molecule has 0 aromatic heterocycles. The fourth-order valence-corrected chi connectivity index (χ4v) is 4.09. The van der Waals surface area contributed by atoms with Crippen LogP contribution in [-0.4, -0.2) is 49.5 Å². The lowest BCUT2D eigenvalue weighted by atomic mass is 9.96. The van der Waals surface area contributed by atoms with Crippen LogP contribution in [0.15, 0.2) is 29.2 Å². The van der Waals surface area contributed by atoms with E-state index in [-0.39, 0.29) is 22.9 Å². The van der Waals surface area contributed by atoms with Crippen LogP contribution in [0, 0.1) is 0 Å². The summed E-state index contributed by atoms with van der Waals surface area (Å²) in [7, 11) is -3.77. The van der Waals surface area contributed by atoms with E-state index < -0.39 is 21.5 Å². The fraction of sp³-hybridized carbons (Fsp3) is 0.500. The third kappa shape index (κ3) is 4.12. The number of amides is 2. The van der Waals surface area contributed by atoms with Crippen LogP contribution < -0.4 is 11.5 Å². The topological polar surface area (TPSA) is 124 Å². The second-order valence-corrected chi connectivity index (χ2v) is 8.16. The zero-order valence-electron chi connectivity index (χ0n) is 13.6. The maximum absolute atomic E-state index is 12.7. The molecule has 24 heavy (non-hydrogen) atoms. The van der Waals surface area contributed by atoms with Crippen molar-refractivity contribution < 1.29 is 18.0 Å². The number of nitrogens with zero attached hydrogens (tertiary/aromatic N) is 1. The number of primary amides is 1. The van der Waals surface area contributed by atoms with Crippen molar-refractivity contribution >= 4 is 21.7 Å². The van der Waals surface area contributed by atoms with Gasteiger partial charge in [-0.3, -0.25) is 9.59 Å². The van der Waals surface area contributed by atoms with E-state index in [9.17, 15) is 18.0 Å². The molecule has 0 saturated carbocycles. The molecular formula is C16H23N3O4S. The molecule has 1 fully saturated rings. The quantitative estimate of drug-likeness (QED) is 0.787. The van der Waals surface area contributed by atoms with Gasteiger partial charge in [0.15, 0.2) is 9.84 Å². The van der Waals surface area contributed by atoms with Crippen LogP contribution in [0.5, 0.6) is 0 Å². The summed E-state index contributed by atoms with van der Waals surface area (Å²) in [5, 5.41) is 0. The maximum Gasteiger partial charge on any atom is 0.254 e. The highest BCUT2D eigenvalue weighted by Crippen LogP contribution is 2.22. The molecule has 132 valence electrons. The van der Waals surface area contributed by atoms with Gasteiger partial charge >= 0.3 is 0 Å². The molecule has 2 rings (SSSR count). The molecule has 0 spiro atoms. The summed E-state index contributed by atoms with van der Waals surface area (Å²) in [6, 6.07) is 5.45. The Kier molecular flexibility index (Phi) is 5.61. The average Bonchev–Trinajstić information content (AvgIpc) is 2.53. The number of carbonyl (C=O) groups is 2. The van der Waals surface area contributed by atoms with E-state index in [0.29, 0.717) is 12.1 Å². The molecule has 2 atom stereocenters. The molecule has 1 saturated heterocycles. The first-order chi connectivity index (χ1) is 11.2. The fourth-order valence-electron chi connectivity index (χ4n) is 3.00. The van der Waals surface area contributed by atoms with Crippen molar-refractivity contribution in [1.29, 1.82) is 0 Å². The van der Waals surface area contributed by atoms with Gasteiger partial charge in [-0.25, -0.2) is 8.42 Å². The minimum absolute atomic E-state index is 0.00970. The van der Waals surface area contributed by atoms with E-state index in [1.807, 2.05) is 6.92 Å². The minimum atomic E-state index is -3.77. The number of likely N-dealkylation sites (tertiary alicyclic amines) is 1. The summed E-state index contributed by atoms with van der Waals surface area (Å²) in [5.74, 6) is -1.82. The monoisotopic (exact) mass is 353 g/mol. The number of rotatable bonds is 5. The number of nitrogens with two attached hydrogens (primary N) is 2. The predicted octanol–water partition coefficient (Wildman–Crippen LogP) is 0.288. The Morgan fingerprint density at radius 3 is 2.42 bits per heavy atom. The highest BCUT2D eigenvalue weighted by molar-refractivity contribution is 7.92. The molecule has 1 aliphatic heterocycles. The number of carbonyl (C=O) groups excluding carboxylic acids is 2. The zero-order chi connectivity index (χ0) is 17.9. The van der Waals surface area contributed by atoms with Crippen molar-refractivity contribution in [3.63, 3.8) is 0 Å². The van der Waals surface area contributed by atoms with Crippen LogP contribution >= 0.6 is 0 Å². The molecule has 0 unspecified atom stereocenters. The van der Waals surface area contributed by atoms with E-state index in [0.717, 1.165) is 19.3 Å². The maximum atomic E-state index is 12.7. The van der Waals surface area contributed by atoms with E-state index >= 15 is 0 Å². The molecule has 1 heterocycles. The van der Waals surface area contributed by atoms with Crippen LogP contribution in [0.3, 0.4) is 0 Å². The average molecular weight is 353 g/mol. The van der Waals surface area contributed by atoms with Crippen LogP contribution in [-0.2, 0) is 14.6 Å². The molecule has 0 aliphatic carbocycles. The molecule has 2 amide bonds. The number of sulfone groups is 1. The Morgan fingerprint density at radius 2 is 1.88 bits per heavy atom. The van der Waals surface area contributed by atoms with Crippen molar-refractivity contribution in [2.24, 2.45) is 11.5 Å². The highest BCUT2D eigenvalue weighted by atomic mass is 32.2. The number of piperidine rings is 1. The van der Waals surface area contributed by atoms with Gasteiger partial charge in [-0.1, -0.05) is 0 Å². The molecule has 8 heteroatoms. The third-order valence-electron chi connectivity index (χ3n) is 4.21. The summed E-state index contributed by atoms with van der Waals surface area (Å²) in [4.78, 5) is 25.3. The van der Waals surface area contributed by atoms with Crippen molar-refractivity contribution in [2.75, 3.05) is 12.3 Å². The minimum Gasteiger partial charge on any atom is -0.369 e. The van der Waals surface area contributed by atoms with Gasteiger partial charge in [0.1, 0.15) is 5.75 Å². The lowest BCUT2D eigenvalue weighted by Crippen LogP contribution is -2.51. The first-order valence-electron chi connectivity index (χ1n) is 7.90. The van der Waals surface area contributed by atoms with Gasteiger partial charge in [-0.15, -0.1) is 0 Å². The van der Waals surface area contributed by atoms with Crippen molar-refractivity contribution in [3.8, 4) is 0 Å². The summed E-state index contributed by atoms with van der Waals surface area (Å²) >= 11 is 0. The summed E-state index contributed by atoms with van der Waals surface area (Å²) < 4.78 is 23.9. The number of hydrogen-bond acceptors (Lipinski definition) is 5. The van der Waals surface area contributed by atoms with Crippen molar-refractivity contribution in [1.82, 2.24) is 4.90 Å². The van der Waals surface area contributed by atoms with E-state index in [1.165, 1.54) is 24.3 Å². The Balaban J connectivity index is 2.21. The van der Waals surface area contributed by atoms with E-state index in [4.69, 9.17) is 11.5 Å². The summed E-state index contributed by atoms with van der Waals surface area (Å²) in [6.45, 7) is 2.53. The van der Waals surface area contributed by atoms with Crippen LogP contribution in [0.25, 0.3) is 0 Å². The first kappa shape index (κ1) is 18.4.